The van der Waals surface area contributed by atoms with Crippen LogP contribution in [0.1, 0.15) is 30.9 Å². The minimum atomic E-state index is -1.05. The number of aromatic nitrogens is 1. The lowest BCUT2D eigenvalue weighted by Gasteiger charge is -2.34. The molecule has 3 heterocycles. The highest BCUT2D eigenvalue weighted by molar-refractivity contribution is 7.17. The van der Waals surface area contributed by atoms with Gasteiger partial charge in [0.25, 0.3) is 0 Å². The Balaban J connectivity index is 1.39. The Morgan fingerprint density at radius 1 is 0.949 bits per heavy atom. The zero-order chi connectivity index (χ0) is 27.4. The number of thiophene rings is 1. The summed E-state index contributed by atoms with van der Waals surface area (Å²) < 4.78 is 1.14. The molecule has 1 aliphatic rings. The normalized spacial score (nSPS) is 16.5. The number of H-pyrrole nitrogens is 1. The average Bonchev–Trinajstić information content (AvgIpc) is 3.52. The maximum atomic E-state index is 13.8. The molecular formula is C29H34N6O3S. The highest BCUT2D eigenvalue weighted by atomic mass is 32.1. The monoisotopic (exact) mass is 546 g/mol. The molecule has 4 aromatic rings. The molecule has 0 bridgehead atoms. The molecule has 2 atom stereocenters. The Bertz CT molecular complexity index is 1490. The molecule has 2 aromatic heterocycles. The first-order valence-corrected chi connectivity index (χ1v) is 14.1. The third kappa shape index (κ3) is 6.13. The molecular weight excluding hydrogens is 512 g/mol. The van der Waals surface area contributed by atoms with Gasteiger partial charge in [-0.3, -0.25) is 14.4 Å². The van der Waals surface area contributed by atoms with E-state index in [4.69, 9.17) is 5.73 Å². The number of hydrogen-bond donors (Lipinski definition) is 6. The molecule has 9 nitrogen and oxygen atoms in total. The molecule has 0 radical (unpaired) electrons. The van der Waals surface area contributed by atoms with Crippen LogP contribution in [-0.4, -0.2) is 53.5 Å². The fourth-order valence-electron chi connectivity index (χ4n) is 5.20. The van der Waals surface area contributed by atoms with Gasteiger partial charge in [0.1, 0.15) is 12.2 Å². The Morgan fingerprint density at radius 2 is 1.67 bits per heavy atom. The van der Waals surface area contributed by atoms with Crippen LogP contribution < -0.4 is 27.0 Å². The highest BCUT2D eigenvalue weighted by Crippen LogP contribution is 2.26. The van der Waals surface area contributed by atoms with Crippen molar-refractivity contribution in [3.63, 3.8) is 0 Å². The van der Waals surface area contributed by atoms with Crippen LogP contribution in [0, 0.1) is 0 Å². The van der Waals surface area contributed by atoms with Gasteiger partial charge in [0.2, 0.25) is 17.7 Å². The number of hydrogen-bond acceptors (Lipinski definition) is 6. The molecule has 204 valence electrons. The van der Waals surface area contributed by atoms with Crippen LogP contribution >= 0.6 is 11.3 Å². The SMILES string of the molecule is CC(=O)N[C@@H](Cc1csc2ccccc12)NC(=O)[C@@H](Cc1c[nH]c2ccccc12)NC(=O)C1(N)CCNCC1. The van der Waals surface area contributed by atoms with Crippen molar-refractivity contribution in [1.29, 1.82) is 0 Å². The van der Waals surface area contributed by atoms with Gasteiger partial charge < -0.3 is 32.0 Å². The van der Waals surface area contributed by atoms with Gasteiger partial charge in [-0.2, -0.15) is 0 Å². The van der Waals surface area contributed by atoms with Gasteiger partial charge >= 0.3 is 0 Å². The number of fused-ring (bicyclic) bond motifs is 2. The molecule has 10 heteroatoms. The lowest BCUT2D eigenvalue weighted by Crippen LogP contribution is -2.63. The smallest absolute Gasteiger partial charge is 0.244 e. The maximum absolute atomic E-state index is 13.8. The lowest BCUT2D eigenvalue weighted by molar-refractivity contribution is -0.133. The predicted octanol–water partition coefficient (Wildman–Crippen LogP) is 2.31. The number of para-hydroxylation sites is 1. The zero-order valence-corrected chi connectivity index (χ0v) is 22.7. The van der Waals surface area contributed by atoms with Gasteiger partial charge in [0.15, 0.2) is 0 Å². The fourth-order valence-corrected chi connectivity index (χ4v) is 6.17. The number of benzene rings is 2. The van der Waals surface area contributed by atoms with Gasteiger partial charge in [-0.25, -0.2) is 0 Å². The van der Waals surface area contributed by atoms with Crippen LogP contribution in [0.5, 0.6) is 0 Å². The molecule has 5 rings (SSSR count). The quantitative estimate of drug-likeness (QED) is 0.179. The standard InChI is InChI=1S/C29H34N6O3S/c1-18(36)33-26(15-20-17-39-25-9-5-3-7-22(20)25)35-27(37)24(34-28(38)29(30)10-12-31-13-11-29)14-19-16-32-23-8-4-2-6-21(19)23/h2-9,16-17,24,26,31-32H,10-15,30H2,1H3,(H,33,36)(H,34,38)(H,35,37)/t24-,26-/m1/s1. The Labute approximate surface area is 230 Å². The second-order valence-electron chi connectivity index (χ2n) is 10.2. The van der Waals surface area contributed by atoms with E-state index in [2.05, 4.69) is 26.3 Å². The van der Waals surface area contributed by atoms with Crippen molar-refractivity contribution in [1.82, 2.24) is 26.3 Å². The first-order chi connectivity index (χ1) is 18.8. The van der Waals surface area contributed by atoms with Crippen molar-refractivity contribution in [2.75, 3.05) is 13.1 Å². The number of carbonyl (C=O) groups excluding carboxylic acids is 3. The summed E-state index contributed by atoms with van der Waals surface area (Å²) in [6.45, 7) is 2.70. The first-order valence-electron chi connectivity index (χ1n) is 13.2. The van der Waals surface area contributed by atoms with Gasteiger partial charge in [-0.15, -0.1) is 11.3 Å². The van der Waals surface area contributed by atoms with E-state index in [1.807, 2.05) is 60.1 Å². The highest BCUT2D eigenvalue weighted by Gasteiger charge is 2.38. The van der Waals surface area contributed by atoms with Crippen molar-refractivity contribution < 1.29 is 14.4 Å². The molecule has 1 saturated heterocycles. The van der Waals surface area contributed by atoms with E-state index in [1.54, 1.807) is 11.3 Å². The van der Waals surface area contributed by atoms with Crippen LogP contribution in [0.3, 0.4) is 0 Å². The summed E-state index contributed by atoms with van der Waals surface area (Å²) >= 11 is 1.62. The van der Waals surface area contributed by atoms with Crippen LogP contribution in [0.4, 0.5) is 0 Å². The third-order valence-corrected chi connectivity index (χ3v) is 8.36. The van der Waals surface area contributed by atoms with Crippen LogP contribution in [-0.2, 0) is 27.2 Å². The number of rotatable bonds is 9. The molecule has 1 fully saturated rings. The van der Waals surface area contributed by atoms with E-state index in [1.165, 1.54) is 6.92 Å². The number of nitrogens with one attached hydrogen (secondary N) is 5. The maximum Gasteiger partial charge on any atom is 0.244 e. The van der Waals surface area contributed by atoms with Crippen molar-refractivity contribution in [2.24, 2.45) is 5.73 Å². The second kappa shape index (κ2) is 11.6. The van der Waals surface area contributed by atoms with E-state index in [0.29, 0.717) is 32.4 Å². The summed E-state index contributed by atoms with van der Waals surface area (Å²) in [7, 11) is 0. The first kappa shape index (κ1) is 26.9. The summed E-state index contributed by atoms with van der Waals surface area (Å²) in [5, 5.41) is 16.1. The fraction of sp³-hybridized carbons (Fsp3) is 0.345. The molecule has 0 spiro atoms. The summed E-state index contributed by atoms with van der Waals surface area (Å²) in [5.74, 6) is -0.985. The van der Waals surface area contributed by atoms with Crippen LogP contribution in [0.25, 0.3) is 21.0 Å². The largest absolute Gasteiger partial charge is 0.361 e. The van der Waals surface area contributed by atoms with Crippen molar-refractivity contribution in [3.05, 3.63) is 71.2 Å². The van der Waals surface area contributed by atoms with Gasteiger partial charge in [-0.05, 0) is 60.0 Å². The average molecular weight is 547 g/mol. The molecule has 0 unspecified atom stereocenters. The molecule has 3 amide bonds. The van der Waals surface area contributed by atoms with Gasteiger partial charge in [0, 0.05) is 41.6 Å². The van der Waals surface area contributed by atoms with E-state index in [0.717, 1.165) is 32.1 Å². The number of aromatic amines is 1. The summed E-state index contributed by atoms with van der Waals surface area (Å²) in [4.78, 5) is 42.5. The number of amides is 3. The minimum Gasteiger partial charge on any atom is -0.361 e. The van der Waals surface area contributed by atoms with E-state index in [-0.39, 0.29) is 24.1 Å². The summed E-state index contributed by atoms with van der Waals surface area (Å²) in [6.07, 6.45) is 2.86. The molecule has 7 N–H and O–H groups in total. The van der Waals surface area contributed by atoms with Crippen LogP contribution in [0.2, 0.25) is 0 Å². The molecule has 39 heavy (non-hydrogen) atoms. The van der Waals surface area contributed by atoms with Crippen molar-refractivity contribution in [3.8, 4) is 0 Å². The van der Waals surface area contributed by atoms with Crippen LogP contribution in [0.15, 0.2) is 60.1 Å². The number of piperidine rings is 1. The number of nitrogens with two attached hydrogens (primary N) is 1. The molecule has 2 aromatic carbocycles. The predicted molar refractivity (Wildman–Crippen MR) is 154 cm³/mol. The Kier molecular flexibility index (Phi) is 7.97. The Morgan fingerprint density at radius 3 is 2.44 bits per heavy atom. The van der Waals surface area contributed by atoms with E-state index in [9.17, 15) is 14.4 Å². The van der Waals surface area contributed by atoms with Gasteiger partial charge in [0.05, 0.1) is 5.54 Å². The van der Waals surface area contributed by atoms with Crippen molar-refractivity contribution >= 4 is 50.0 Å². The summed E-state index contributed by atoms with van der Waals surface area (Å²) in [5.41, 5.74) is 8.32. The minimum absolute atomic E-state index is 0.257. The molecule has 0 aliphatic carbocycles. The Hall–Kier alpha value is -3.73. The van der Waals surface area contributed by atoms with E-state index >= 15 is 0 Å². The zero-order valence-electron chi connectivity index (χ0n) is 21.9. The molecule has 0 saturated carbocycles. The van der Waals surface area contributed by atoms with E-state index < -0.39 is 17.7 Å². The summed E-state index contributed by atoms with van der Waals surface area (Å²) in [6, 6.07) is 15.0. The molecule has 1 aliphatic heterocycles. The third-order valence-electron chi connectivity index (χ3n) is 7.35. The lowest BCUT2D eigenvalue weighted by atomic mass is 9.88. The van der Waals surface area contributed by atoms with Gasteiger partial charge in [-0.1, -0.05) is 36.4 Å². The topological polar surface area (TPSA) is 141 Å². The number of carbonyl (C=O) groups is 3. The van der Waals surface area contributed by atoms with Crippen molar-refractivity contribution in [2.45, 2.75) is 50.4 Å². The second-order valence-corrected chi connectivity index (χ2v) is 11.1.